The van der Waals surface area contributed by atoms with Crippen molar-refractivity contribution in [3.63, 3.8) is 0 Å². The summed E-state index contributed by atoms with van der Waals surface area (Å²) in [5.74, 6) is 0.146. The van der Waals surface area contributed by atoms with Gasteiger partial charge in [-0.05, 0) is 50.1 Å². The largest absolute Gasteiger partial charge is 0.457 e. The molecule has 0 saturated carbocycles. The van der Waals surface area contributed by atoms with Crippen LogP contribution >= 0.6 is 0 Å². The van der Waals surface area contributed by atoms with E-state index >= 15 is 0 Å². The Morgan fingerprint density at radius 3 is 2.67 bits per heavy atom. The number of furan rings is 1. The highest BCUT2D eigenvalue weighted by Gasteiger charge is 2.17. The predicted molar refractivity (Wildman–Crippen MR) is 79.6 cm³/mol. The van der Waals surface area contributed by atoms with Crippen LogP contribution in [-0.4, -0.2) is 11.0 Å². The standard InChI is InChI=1S/C17H15NO3/c1-10-9-11(2)16(15-13(10)7-6-12(3)18-15)21-17(19)14-5-4-8-20-14/h4-9H,1-3H3. The van der Waals surface area contributed by atoms with Crippen LogP contribution < -0.4 is 4.74 Å². The zero-order valence-electron chi connectivity index (χ0n) is 12.1. The fourth-order valence-corrected chi connectivity index (χ4v) is 2.37. The SMILES string of the molecule is Cc1ccc2c(C)cc(C)c(OC(=O)c3ccco3)c2n1. The Morgan fingerprint density at radius 1 is 1.14 bits per heavy atom. The number of esters is 1. The number of ether oxygens (including phenoxy) is 1. The van der Waals surface area contributed by atoms with Crippen molar-refractivity contribution in [1.29, 1.82) is 0 Å². The first-order valence-electron chi connectivity index (χ1n) is 6.69. The van der Waals surface area contributed by atoms with Crippen molar-refractivity contribution in [2.45, 2.75) is 20.8 Å². The van der Waals surface area contributed by atoms with Crippen LogP contribution in [0.2, 0.25) is 0 Å². The first kappa shape index (κ1) is 13.4. The van der Waals surface area contributed by atoms with Crippen molar-refractivity contribution in [3.8, 4) is 5.75 Å². The van der Waals surface area contributed by atoms with Crippen LogP contribution in [0.3, 0.4) is 0 Å². The normalized spacial score (nSPS) is 10.8. The van der Waals surface area contributed by atoms with E-state index in [0.29, 0.717) is 11.3 Å². The molecule has 0 bridgehead atoms. The Balaban J connectivity index is 2.13. The van der Waals surface area contributed by atoms with E-state index in [9.17, 15) is 4.79 Å². The van der Waals surface area contributed by atoms with Crippen LogP contribution in [0.15, 0.2) is 41.0 Å². The molecular weight excluding hydrogens is 266 g/mol. The van der Waals surface area contributed by atoms with Gasteiger partial charge in [-0.1, -0.05) is 12.1 Å². The Morgan fingerprint density at radius 2 is 1.95 bits per heavy atom. The van der Waals surface area contributed by atoms with Gasteiger partial charge in [0.1, 0.15) is 5.52 Å². The summed E-state index contributed by atoms with van der Waals surface area (Å²) in [5, 5.41) is 0.980. The molecule has 0 N–H and O–H groups in total. The molecule has 4 heteroatoms. The van der Waals surface area contributed by atoms with Crippen molar-refractivity contribution >= 4 is 16.9 Å². The zero-order chi connectivity index (χ0) is 15.0. The number of nitrogens with zero attached hydrogens (tertiary/aromatic N) is 1. The van der Waals surface area contributed by atoms with Gasteiger partial charge in [-0.3, -0.25) is 0 Å². The highest BCUT2D eigenvalue weighted by Crippen LogP contribution is 2.31. The molecule has 0 aliphatic carbocycles. The van der Waals surface area contributed by atoms with Crippen LogP contribution in [-0.2, 0) is 0 Å². The van der Waals surface area contributed by atoms with Gasteiger partial charge in [0.15, 0.2) is 5.75 Å². The molecule has 0 amide bonds. The second-order valence-electron chi connectivity index (χ2n) is 5.06. The van der Waals surface area contributed by atoms with Gasteiger partial charge in [0.2, 0.25) is 5.76 Å². The van der Waals surface area contributed by atoms with E-state index in [-0.39, 0.29) is 5.76 Å². The minimum absolute atomic E-state index is 0.177. The molecule has 2 aromatic heterocycles. The molecule has 0 atom stereocenters. The molecular formula is C17H15NO3. The molecule has 0 aliphatic heterocycles. The topological polar surface area (TPSA) is 52.3 Å². The lowest BCUT2D eigenvalue weighted by atomic mass is 10.0. The highest BCUT2D eigenvalue weighted by atomic mass is 16.5. The molecule has 0 unspecified atom stereocenters. The van der Waals surface area contributed by atoms with Crippen molar-refractivity contribution in [3.05, 3.63) is 59.2 Å². The number of aromatic nitrogens is 1. The lowest BCUT2D eigenvalue weighted by Crippen LogP contribution is -2.09. The molecule has 1 aromatic carbocycles. The van der Waals surface area contributed by atoms with Gasteiger partial charge in [-0.15, -0.1) is 0 Å². The minimum atomic E-state index is -0.517. The number of benzene rings is 1. The molecule has 0 radical (unpaired) electrons. The maximum Gasteiger partial charge on any atom is 0.379 e. The Bertz CT molecular complexity index is 820. The van der Waals surface area contributed by atoms with Gasteiger partial charge in [0.05, 0.1) is 6.26 Å². The number of fused-ring (bicyclic) bond motifs is 1. The molecule has 4 nitrogen and oxygen atoms in total. The van der Waals surface area contributed by atoms with Gasteiger partial charge < -0.3 is 9.15 Å². The van der Waals surface area contributed by atoms with E-state index in [1.165, 1.54) is 6.26 Å². The van der Waals surface area contributed by atoms with E-state index < -0.39 is 5.97 Å². The molecule has 106 valence electrons. The Hall–Kier alpha value is -2.62. The lowest BCUT2D eigenvalue weighted by molar-refractivity contribution is 0.0702. The Kier molecular flexibility index (Phi) is 3.22. The minimum Gasteiger partial charge on any atom is -0.457 e. The van der Waals surface area contributed by atoms with Crippen molar-refractivity contribution < 1.29 is 13.9 Å². The quantitative estimate of drug-likeness (QED) is 0.527. The smallest absolute Gasteiger partial charge is 0.379 e. The first-order valence-corrected chi connectivity index (χ1v) is 6.69. The third kappa shape index (κ3) is 2.40. The molecule has 2 heterocycles. The number of pyridine rings is 1. The molecule has 21 heavy (non-hydrogen) atoms. The number of hydrogen-bond donors (Lipinski definition) is 0. The summed E-state index contributed by atoms with van der Waals surface area (Å²) in [7, 11) is 0. The summed E-state index contributed by atoms with van der Waals surface area (Å²) in [6.45, 7) is 5.83. The highest BCUT2D eigenvalue weighted by molar-refractivity contribution is 5.94. The third-order valence-corrected chi connectivity index (χ3v) is 3.38. The third-order valence-electron chi connectivity index (χ3n) is 3.38. The molecule has 3 rings (SSSR count). The molecule has 0 spiro atoms. The number of aryl methyl sites for hydroxylation is 3. The summed E-state index contributed by atoms with van der Waals surface area (Å²) in [6.07, 6.45) is 1.44. The van der Waals surface area contributed by atoms with Gasteiger partial charge in [-0.2, -0.15) is 0 Å². The number of hydrogen-bond acceptors (Lipinski definition) is 4. The van der Waals surface area contributed by atoms with E-state index in [2.05, 4.69) is 4.98 Å². The fourth-order valence-electron chi connectivity index (χ4n) is 2.37. The van der Waals surface area contributed by atoms with Gasteiger partial charge >= 0.3 is 5.97 Å². The van der Waals surface area contributed by atoms with Crippen LogP contribution in [0, 0.1) is 20.8 Å². The van der Waals surface area contributed by atoms with E-state index in [0.717, 1.165) is 22.2 Å². The fraction of sp³-hybridized carbons (Fsp3) is 0.176. The van der Waals surface area contributed by atoms with Gasteiger partial charge in [-0.25, -0.2) is 9.78 Å². The second-order valence-corrected chi connectivity index (χ2v) is 5.06. The van der Waals surface area contributed by atoms with Crippen LogP contribution in [0.4, 0.5) is 0 Å². The monoisotopic (exact) mass is 281 g/mol. The van der Waals surface area contributed by atoms with E-state index in [1.54, 1.807) is 12.1 Å². The van der Waals surface area contributed by atoms with Gasteiger partial charge in [0.25, 0.3) is 0 Å². The van der Waals surface area contributed by atoms with Crippen molar-refractivity contribution in [2.24, 2.45) is 0 Å². The molecule has 3 aromatic rings. The molecule has 0 fully saturated rings. The number of carbonyl (C=O) groups excluding carboxylic acids is 1. The summed E-state index contributed by atoms with van der Waals surface area (Å²) < 4.78 is 10.6. The average Bonchev–Trinajstić information content (AvgIpc) is 2.97. The summed E-state index contributed by atoms with van der Waals surface area (Å²) in [6, 6.07) is 9.16. The van der Waals surface area contributed by atoms with Crippen LogP contribution in [0.5, 0.6) is 5.75 Å². The maximum absolute atomic E-state index is 12.1. The number of carbonyl (C=O) groups is 1. The van der Waals surface area contributed by atoms with Crippen molar-refractivity contribution in [1.82, 2.24) is 4.98 Å². The summed E-state index contributed by atoms with van der Waals surface area (Å²) >= 11 is 0. The zero-order valence-corrected chi connectivity index (χ0v) is 12.1. The average molecular weight is 281 g/mol. The number of rotatable bonds is 2. The molecule has 0 saturated heterocycles. The summed E-state index contributed by atoms with van der Waals surface area (Å²) in [5.41, 5.74) is 3.56. The van der Waals surface area contributed by atoms with Gasteiger partial charge in [0, 0.05) is 11.1 Å². The van der Waals surface area contributed by atoms with E-state index in [4.69, 9.17) is 9.15 Å². The first-order chi connectivity index (χ1) is 10.1. The Labute approximate surface area is 122 Å². The van der Waals surface area contributed by atoms with Crippen LogP contribution in [0.1, 0.15) is 27.4 Å². The lowest BCUT2D eigenvalue weighted by Gasteiger charge is -2.12. The second kappa shape index (κ2) is 5.05. The van der Waals surface area contributed by atoms with Crippen molar-refractivity contribution in [2.75, 3.05) is 0 Å². The van der Waals surface area contributed by atoms with E-state index in [1.807, 2.05) is 39.0 Å². The molecule has 0 aliphatic rings. The van der Waals surface area contributed by atoms with Crippen LogP contribution in [0.25, 0.3) is 10.9 Å². The predicted octanol–water partition coefficient (Wildman–Crippen LogP) is 3.97. The summed E-state index contributed by atoms with van der Waals surface area (Å²) in [4.78, 5) is 16.6. The maximum atomic E-state index is 12.1.